The van der Waals surface area contributed by atoms with Gasteiger partial charge < -0.3 is 9.80 Å². The molecule has 1 aliphatic heterocycles. The predicted octanol–water partition coefficient (Wildman–Crippen LogP) is 1.28. The van der Waals surface area contributed by atoms with Gasteiger partial charge in [-0.3, -0.25) is 0 Å². The van der Waals surface area contributed by atoms with Crippen LogP contribution >= 0.6 is 0 Å². The maximum Gasteiger partial charge on any atom is 0.0376 e. The van der Waals surface area contributed by atoms with Crippen molar-refractivity contribution in [2.24, 2.45) is 0 Å². The minimum absolute atomic E-state index is 1.04. The molecule has 0 aromatic rings. The van der Waals surface area contributed by atoms with Gasteiger partial charge in [-0.05, 0) is 19.1 Å². The molecule has 0 bridgehead atoms. The van der Waals surface area contributed by atoms with Crippen LogP contribution in [0, 0.1) is 0 Å². The van der Waals surface area contributed by atoms with Crippen molar-refractivity contribution in [3.8, 4) is 0 Å². The zero-order valence-electron chi connectivity index (χ0n) is 7.54. The number of hydrogen-bond donors (Lipinski definition) is 0. The van der Waals surface area contributed by atoms with Crippen LogP contribution in [0.5, 0.6) is 0 Å². The van der Waals surface area contributed by atoms with Gasteiger partial charge in [-0.15, -0.1) is 0 Å². The fourth-order valence-corrected chi connectivity index (χ4v) is 1.09. The summed E-state index contributed by atoms with van der Waals surface area (Å²) in [7, 11) is 4.13. The summed E-state index contributed by atoms with van der Waals surface area (Å²) in [5, 5.41) is 0. The van der Waals surface area contributed by atoms with E-state index < -0.39 is 0 Å². The van der Waals surface area contributed by atoms with E-state index in [4.69, 9.17) is 0 Å². The Hall–Kier alpha value is -0.920. The fraction of sp³-hybridized carbons (Fsp3) is 0.556. The van der Waals surface area contributed by atoms with Gasteiger partial charge >= 0.3 is 0 Å². The predicted molar refractivity (Wildman–Crippen MR) is 48.2 cm³/mol. The van der Waals surface area contributed by atoms with E-state index in [2.05, 4.69) is 49.2 Å². The number of allylic oxidation sites excluding steroid dienone is 1. The van der Waals surface area contributed by atoms with Crippen molar-refractivity contribution in [3.05, 3.63) is 24.0 Å². The molecule has 1 heterocycles. The fourth-order valence-electron chi connectivity index (χ4n) is 1.09. The average molecular weight is 152 g/mol. The summed E-state index contributed by atoms with van der Waals surface area (Å²) in [5.74, 6) is 0. The van der Waals surface area contributed by atoms with Crippen molar-refractivity contribution in [1.82, 2.24) is 9.80 Å². The molecule has 2 heteroatoms. The summed E-state index contributed by atoms with van der Waals surface area (Å²) < 4.78 is 0. The maximum atomic E-state index is 2.27. The Kier molecular flexibility index (Phi) is 2.58. The van der Waals surface area contributed by atoms with E-state index >= 15 is 0 Å². The summed E-state index contributed by atoms with van der Waals surface area (Å²) in [5.41, 5.74) is 1.30. The Labute approximate surface area is 68.8 Å². The third kappa shape index (κ3) is 2.00. The normalized spacial score (nSPS) is 16.6. The molecule has 0 aliphatic carbocycles. The molecule has 0 unspecified atom stereocenters. The molecule has 2 nitrogen and oxygen atoms in total. The topological polar surface area (TPSA) is 6.48 Å². The van der Waals surface area contributed by atoms with Crippen LogP contribution in [0.15, 0.2) is 24.0 Å². The van der Waals surface area contributed by atoms with Gasteiger partial charge in [0.2, 0.25) is 0 Å². The highest BCUT2D eigenvalue weighted by Gasteiger charge is 2.02. The third-order valence-electron chi connectivity index (χ3n) is 1.91. The number of nitrogens with zero attached hydrogens (tertiary/aromatic N) is 2. The molecule has 0 amide bonds. The number of rotatable bonds is 2. The molecule has 0 saturated heterocycles. The Morgan fingerprint density at radius 2 is 2.27 bits per heavy atom. The second kappa shape index (κ2) is 3.46. The Bertz CT molecular complexity index is 180. The Morgan fingerprint density at radius 3 is 2.64 bits per heavy atom. The lowest BCUT2D eigenvalue weighted by Gasteiger charge is -2.23. The molecule has 0 spiro atoms. The maximum absolute atomic E-state index is 2.27. The number of hydrogen-bond acceptors (Lipinski definition) is 2. The van der Waals surface area contributed by atoms with E-state index in [9.17, 15) is 0 Å². The van der Waals surface area contributed by atoms with Crippen LogP contribution in [0.25, 0.3) is 0 Å². The van der Waals surface area contributed by atoms with Crippen molar-refractivity contribution in [3.63, 3.8) is 0 Å². The minimum Gasteiger partial charge on any atom is -0.378 e. The second-order valence-corrected chi connectivity index (χ2v) is 2.93. The lowest BCUT2D eigenvalue weighted by molar-refractivity contribution is 0.418. The van der Waals surface area contributed by atoms with Crippen molar-refractivity contribution >= 4 is 0 Å². The van der Waals surface area contributed by atoms with Crippen molar-refractivity contribution in [2.75, 3.05) is 27.2 Å². The van der Waals surface area contributed by atoms with Gasteiger partial charge in [-0.1, -0.05) is 0 Å². The first-order valence-electron chi connectivity index (χ1n) is 4.03. The lowest BCUT2D eigenvalue weighted by atomic mass is 10.3. The summed E-state index contributed by atoms with van der Waals surface area (Å²) in [6.07, 6.45) is 6.53. The monoisotopic (exact) mass is 152 g/mol. The zero-order chi connectivity index (χ0) is 8.27. The molecular weight excluding hydrogens is 136 g/mol. The standard InChI is InChI=1S/C9H16N2/c1-4-11-7-5-9(6-8-11)10(2)3/h5-7H,4,8H2,1-3H3. The quantitative estimate of drug-likeness (QED) is 0.588. The number of likely N-dealkylation sites (N-methyl/N-ethyl adjacent to an activating group) is 2. The first kappa shape index (κ1) is 8.18. The molecule has 1 rings (SSSR count). The van der Waals surface area contributed by atoms with Crippen molar-refractivity contribution < 1.29 is 0 Å². The first-order chi connectivity index (χ1) is 5.24. The van der Waals surface area contributed by atoms with E-state index in [1.807, 2.05) is 0 Å². The van der Waals surface area contributed by atoms with E-state index in [1.165, 1.54) is 5.70 Å². The molecule has 11 heavy (non-hydrogen) atoms. The Balaban J connectivity index is 2.53. The molecule has 62 valence electrons. The van der Waals surface area contributed by atoms with E-state index in [-0.39, 0.29) is 0 Å². The zero-order valence-corrected chi connectivity index (χ0v) is 7.54. The van der Waals surface area contributed by atoms with Gasteiger partial charge in [-0.25, -0.2) is 0 Å². The summed E-state index contributed by atoms with van der Waals surface area (Å²) in [6, 6.07) is 0. The van der Waals surface area contributed by atoms with Crippen LogP contribution in [0.2, 0.25) is 0 Å². The highest BCUT2D eigenvalue weighted by atomic mass is 15.1. The van der Waals surface area contributed by atoms with Crippen LogP contribution in [0.1, 0.15) is 6.92 Å². The van der Waals surface area contributed by atoms with Gasteiger partial charge in [0.15, 0.2) is 0 Å². The van der Waals surface area contributed by atoms with Crippen LogP contribution in [-0.2, 0) is 0 Å². The van der Waals surface area contributed by atoms with Crippen LogP contribution in [-0.4, -0.2) is 37.0 Å². The highest BCUT2D eigenvalue weighted by Crippen LogP contribution is 2.07. The molecule has 0 saturated carbocycles. The molecule has 0 atom stereocenters. The van der Waals surface area contributed by atoms with Gasteiger partial charge in [0.05, 0.1) is 0 Å². The highest BCUT2D eigenvalue weighted by molar-refractivity contribution is 5.20. The molecule has 0 fully saturated rings. The smallest absolute Gasteiger partial charge is 0.0376 e. The molecule has 0 N–H and O–H groups in total. The lowest BCUT2D eigenvalue weighted by Crippen LogP contribution is -2.22. The molecular formula is C9H16N2. The van der Waals surface area contributed by atoms with Gasteiger partial charge in [0.1, 0.15) is 0 Å². The van der Waals surface area contributed by atoms with Crippen LogP contribution < -0.4 is 0 Å². The van der Waals surface area contributed by atoms with Crippen molar-refractivity contribution in [2.45, 2.75) is 6.92 Å². The van der Waals surface area contributed by atoms with Gasteiger partial charge in [0, 0.05) is 39.1 Å². The van der Waals surface area contributed by atoms with E-state index in [1.54, 1.807) is 0 Å². The summed E-state index contributed by atoms with van der Waals surface area (Å²) in [4.78, 5) is 4.40. The van der Waals surface area contributed by atoms with Gasteiger partial charge in [-0.2, -0.15) is 0 Å². The molecule has 0 aromatic carbocycles. The Morgan fingerprint density at radius 1 is 1.55 bits per heavy atom. The van der Waals surface area contributed by atoms with Crippen LogP contribution in [0.4, 0.5) is 0 Å². The SMILES string of the molecule is CCN1C=CC(N(C)C)=CC1. The molecule has 1 aliphatic rings. The van der Waals surface area contributed by atoms with Gasteiger partial charge in [0.25, 0.3) is 0 Å². The second-order valence-electron chi connectivity index (χ2n) is 2.93. The first-order valence-corrected chi connectivity index (χ1v) is 4.03. The van der Waals surface area contributed by atoms with Crippen LogP contribution in [0.3, 0.4) is 0 Å². The third-order valence-corrected chi connectivity index (χ3v) is 1.91. The summed E-state index contributed by atoms with van der Waals surface area (Å²) >= 11 is 0. The van der Waals surface area contributed by atoms with E-state index in [0.717, 1.165) is 13.1 Å². The largest absolute Gasteiger partial charge is 0.378 e. The molecule has 0 radical (unpaired) electrons. The minimum atomic E-state index is 1.04. The summed E-state index contributed by atoms with van der Waals surface area (Å²) in [6.45, 7) is 4.30. The average Bonchev–Trinajstić information content (AvgIpc) is 2.05. The van der Waals surface area contributed by atoms with Crippen molar-refractivity contribution in [1.29, 1.82) is 0 Å². The van der Waals surface area contributed by atoms with E-state index in [0.29, 0.717) is 0 Å². The molecule has 0 aromatic heterocycles.